The fourth-order valence-electron chi connectivity index (χ4n) is 1.70. The molecule has 20 heavy (non-hydrogen) atoms. The van der Waals surface area contributed by atoms with Crippen molar-refractivity contribution in [2.45, 2.75) is 13.0 Å². The number of nitrogens with zero attached hydrogens (tertiary/aromatic N) is 2. The number of ether oxygens (including phenoxy) is 2. The molecule has 2 aromatic rings. The van der Waals surface area contributed by atoms with E-state index in [2.05, 4.69) is 15.0 Å². The van der Waals surface area contributed by atoms with Gasteiger partial charge in [-0.1, -0.05) is 6.07 Å². The van der Waals surface area contributed by atoms with Crippen LogP contribution in [0, 0.1) is 3.57 Å². The highest BCUT2D eigenvalue weighted by Gasteiger charge is 2.09. The largest absolute Gasteiger partial charge is 0.481 e. The second-order valence-corrected chi connectivity index (χ2v) is 5.17. The molecule has 0 unspecified atom stereocenters. The monoisotopic (exact) mass is 387 g/mol. The van der Waals surface area contributed by atoms with Crippen molar-refractivity contribution in [2.75, 3.05) is 14.2 Å². The second-order valence-electron chi connectivity index (χ2n) is 4.09. The van der Waals surface area contributed by atoms with Crippen LogP contribution in [0.25, 0.3) is 0 Å². The van der Waals surface area contributed by atoms with Crippen molar-refractivity contribution in [3.63, 3.8) is 0 Å². The molecule has 6 nitrogen and oxygen atoms in total. The summed E-state index contributed by atoms with van der Waals surface area (Å²) in [7, 11) is 3.14. The van der Waals surface area contributed by atoms with Crippen LogP contribution in [0.3, 0.4) is 0 Å². The molecule has 7 heteroatoms. The van der Waals surface area contributed by atoms with Gasteiger partial charge in [0, 0.05) is 25.8 Å². The summed E-state index contributed by atoms with van der Waals surface area (Å²) in [5.41, 5.74) is 1.44. The molecule has 1 N–H and O–H groups in total. The summed E-state index contributed by atoms with van der Waals surface area (Å²) in [6.07, 6.45) is 2.20. The van der Waals surface area contributed by atoms with Gasteiger partial charge in [0.25, 0.3) is 5.56 Å². The van der Waals surface area contributed by atoms with Gasteiger partial charge in [0.15, 0.2) is 0 Å². The Labute approximate surface area is 129 Å². The van der Waals surface area contributed by atoms with E-state index in [0.717, 1.165) is 5.56 Å². The second kappa shape index (κ2) is 6.80. The zero-order valence-electron chi connectivity index (χ0n) is 11.1. The Morgan fingerprint density at radius 1 is 1.35 bits per heavy atom. The van der Waals surface area contributed by atoms with Gasteiger partial charge < -0.3 is 14.5 Å². The molecule has 0 spiro atoms. The predicted molar refractivity (Wildman–Crippen MR) is 81.9 cm³/mol. The number of methoxy groups -OCH3 is 2. The number of pyridine rings is 1. The van der Waals surface area contributed by atoms with E-state index in [-0.39, 0.29) is 5.56 Å². The van der Waals surface area contributed by atoms with E-state index in [1.807, 2.05) is 28.7 Å². The van der Waals surface area contributed by atoms with Crippen LogP contribution in [0.2, 0.25) is 0 Å². The Balaban J connectivity index is 2.26. The molecule has 106 valence electrons. The summed E-state index contributed by atoms with van der Waals surface area (Å²) >= 11 is 1.97. The molecule has 2 rings (SSSR count). The minimum absolute atomic E-state index is 0.149. The standard InChI is InChI=1S/C13H14IN3O3/c1-19-7-9-12(14)13(18)17-10(16-9)5-8-3-4-11(20-2)15-6-8/h3-4,6H,5,7H2,1-2H3,(H,16,17,18). The molecule has 0 saturated heterocycles. The Kier molecular flexibility index (Phi) is 5.07. The lowest BCUT2D eigenvalue weighted by Gasteiger charge is -2.06. The van der Waals surface area contributed by atoms with Crippen LogP contribution in [-0.2, 0) is 17.8 Å². The molecule has 0 fully saturated rings. The molecule has 0 aliphatic carbocycles. The third-order valence-electron chi connectivity index (χ3n) is 2.64. The molecule has 0 aliphatic heterocycles. The highest BCUT2D eigenvalue weighted by Crippen LogP contribution is 2.11. The third-order valence-corrected chi connectivity index (χ3v) is 3.75. The number of H-pyrrole nitrogens is 1. The molecule has 0 radical (unpaired) electrons. The number of hydrogen-bond donors (Lipinski definition) is 1. The average Bonchev–Trinajstić information content (AvgIpc) is 2.45. The molecule has 0 amide bonds. The lowest BCUT2D eigenvalue weighted by Crippen LogP contribution is -2.18. The molecular formula is C13H14IN3O3. The molecule has 0 aromatic carbocycles. The molecule has 2 heterocycles. The number of nitrogens with one attached hydrogen (secondary N) is 1. The van der Waals surface area contributed by atoms with Crippen LogP contribution in [-0.4, -0.2) is 29.2 Å². The van der Waals surface area contributed by atoms with Crippen LogP contribution in [0.15, 0.2) is 23.1 Å². The van der Waals surface area contributed by atoms with Crippen LogP contribution in [0.5, 0.6) is 5.88 Å². The van der Waals surface area contributed by atoms with Gasteiger partial charge in [-0.15, -0.1) is 0 Å². The van der Waals surface area contributed by atoms with Gasteiger partial charge in [0.1, 0.15) is 9.39 Å². The normalized spacial score (nSPS) is 10.6. The summed E-state index contributed by atoms with van der Waals surface area (Å²) in [5.74, 6) is 1.15. The van der Waals surface area contributed by atoms with E-state index in [1.54, 1.807) is 26.5 Å². The maximum atomic E-state index is 11.8. The van der Waals surface area contributed by atoms with Gasteiger partial charge in [-0.2, -0.15) is 0 Å². The Bertz CT molecular complexity index is 640. The zero-order chi connectivity index (χ0) is 14.5. The number of aromatic amines is 1. The lowest BCUT2D eigenvalue weighted by atomic mass is 10.2. The predicted octanol–water partition coefficient (Wildman–Crippen LogP) is 1.52. The Morgan fingerprint density at radius 3 is 2.75 bits per heavy atom. The first-order chi connectivity index (χ1) is 9.63. The van der Waals surface area contributed by atoms with Crippen LogP contribution >= 0.6 is 22.6 Å². The summed E-state index contributed by atoms with van der Waals surface area (Å²) < 4.78 is 10.6. The average molecular weight is 387 g/mol. The lowest BCUT2D eigenvalue weighted by molar-refractivity contribution is 0.180. The topological polar surface area (TPSA) is 77.1 Å². The molecule has 0 aliphatic rings. The fraction of sp³-hybridized carbons (Fsp3) is 0.308. The summed E-state index contributed by atoms with van der Waals surface area (Å²) in [5, 5.41) is 0. The van der Waals surface area contributed by atoms with E-state index in [4.69, 9.17) is 9.47 Å². The molecule has 2 aromatic heterocycles. The highest BCUT2D eigenvalue weighted by atomic mass is 127. The first-order valence-electron chi connectivity index (χ1n) is 5.89. The van der Waals surface area contributed by atoms with Crippen molar-refractivity contribution in [2.24, 2.45) is 0 Å². The zero-order valence-corrected chi connectivity index (χ0v) is 13.3. The SMILES string of the molecule is COCc1nc(Cc2ccc(OC)nc2)[nH]c(=O)c1I. The van der Waals surface area contributed by atoms with E-state index in [0.29, 0.717) is 34.0 Å². The first kappa shape index (κ1) is 14.9. The van der Waals surface area contributed by atoms with Crippen molar-refractivity contribution >= 4 is 22.6 Å². The van der Waals surface area contributed by atoms with Gasteiger partial charge in [-0.3, -0.25) is 4.79 Å². The minimum atomic E-state index is -0.149. The summed E-state index contributed by atoms with van der Waals surface area (Å²) in [6.45, 7) is 0.316. The molecular weight excluding hydrogens is 373 g/mol. The highest BCUT2D eigenvalue weighted by molar-refractivity contribution is 14.1. The smallest absolute Gasteiger partial charge is 0.264 e. The van der Waals surface area contributed by atoms with Crippen molar-refractivity contribution in [1.29, 1.82) is 0 Å². The number of halogens is 1. The number of aromatic nitrogens is 3. The van der Waals surface area contributed by atoms with Crippen molar-refractivity contribution in [3.8, 4) is 5.88 Å². The van der Waals surface area contributed by atoms with Gasteiger partial charge in [-0.05, 0) is 28.2 Å². The van der Waals surface area contributed by atoms with E-state index >= 15 is 0 Å². The number of rotatable bonds is 5. The fourth-order valence-corrected chi connectivity index (χ4v) is 2.11. The summed E-state index contributed by atoms with van der Waals surface area (Å²) in [4.78, 5) is 23.1. The van der Waals surface area contributed by atoms with Crippen LogP contribution < -0.4 is 10.3 Å². The van der Waals surface area contributed by atoms with Gasteiger partial charge in [0.2, 0.25) is 5.88 Å². The van der Waals surface area contributed by atoms with Gasteiger partial charge >= 0.3 is 0 Å². The van der Waals surface area contributed by atoms with Gasteiger partial charge in [0.05, 0.1) is 19.4 Å². The van der Waals surface area contributed by atoms with E-state index in [9.17, 15) is 4.79 Å². The van der Waals surface area contributed by atoms with Crippen molar-refractivity contribution in [3.05, 3.63) is 49.3 Å². The van der Waals surface area contributed by atoms with Crippen LogP contribution in [0.1, 0.15) is 17.1 Å². The Hall–Kier alpha value is -1.48. The van der Waals surface area contributed by atoms with Crippen molar-refractivity contribution in [1.82, 2.24) is 15.0 Å². The maximum Gasteiger partial charge on any atom is 0.264 e. The minimum Gasteiger partial charge on any atom is -0.481 e. The third kappa shape index (κ3) is 3.54. The summed E-state index contributed by atoms with van der Waals surface area (Å²) in [6, 6.07) is 3.66. The van der Waals surface area contributed by atoms with Crippen molar-refractivity contribution < 1.29 is 9.47 Å². The Morgan fingerprint density at radius 2 is 2.15 bits per heavy atom. The van der Waals surface area contributed by atoms with E-state index in [1.165, 1.54) is 0 Å². The first-order valence-corrected chi connectivity index (χ1v) is 6.97. The van der Waals surface area contributed by atoms with E-state index < -0.39 is 0 Å². The van der Waals surface area contributed by atoms with Crippen LogP contribution in [0.4, 0.5) is 0 Å². The number of hydrogen-bond acceptors (Lipinski definition) is 5. The van der Waals surface area contributed by atoms with Gasteiger partial charge in [-0.25, -0.2) is 9.97 Å². The molecule has 0 atom stereocenters. The molecule has 0 saturated carbocycles. The quantitative estimate of drug-likeness (QED) is 0.788. The maximum absolute atomic E-state index is 11.8. The molecule has 0 bridgehead atoms.